The minimum absolute atomic E-state index is 0.110. The number of likely N-dealkylation sites (tertiary alicyclic amines) is 1. The number of benzene rings is 2. The molecule has 0 radical (unpaired) electrons. The van der Waals surface area contributed by atoms with Crippen LogP contribution >= 0.6 is 11.6 Å². The normalized spacial score (nSPS) is 23.4. The molecule has 6 nitrogen and oxygen atoms in total. The highest BCUT2D eigenvalue weighted by atomic mass is 35.5. The standard InChI is InChI=1S/C30H37ClF3N3O3/c1-17-10-24(32)21(25(33)11-17)13-27(29(39)40)35-8-9-37(18(2)14-35)28(38)23-16-36(30(3,4)5)15-22(23)20-7-6-19(31)12-26(20)34/h6-7,10-12,18,22-23,27H,8-9,13-16H2,1-5H3,(H,39,40)/t18-,22-,23+,27-/m0/s1. The molecule has 0 unspecified atom stereocenters. The van der Waals surface area contributed by atoms with Crippen LogP contribution in [-0.2, 0) is 16.0 Å². The second-order valence-corrected chi connectivity index (χ2v) is 12.5. The Morgan fingerprint density at radius 3 is 2.23 bits per heavy atom. The van der Waals surface area contributed by atoms with Crippen molar-refractivity contribution in [3.63, 3.8) is 0 Å². The average Bonchev–Trinajstić information content (AvgIpc) is 3.29. The molecule has 2 fully saturated rings. The van der Waals surface area contributed by atoms with Crippen molar-refractivity contribution in [2.75, 3.05) is 32.7 Å². The fourth-order valence-corrected chi connectivity index (χ4v) is 6.18. The van der Waals surface area contributed by atoms with Crippen LogP contribution in [0.25, 0.3) is 0 Å². The summed E-state index contributed by atoms with van der Waals surface area (Å²) in [6.07, 6.45) is -0.324. The van der Waals surface area contributed by atoms with Gasteiger partial charge in [-0.25, -0.2) is 13.2 Å². The fraction of sp³-hybridized carbons (Fsp3) is 0.533. The zero-order chi connectivity index (χ0) is 29.5. The molecule has 4 rings (SSSR count). The second kappa shape index (κ2) is 11.7. The molecule has 1 amide bonds. The molecule has 2 aromatic rings. The molecule has 0 spiro atoms. The number of carbonyl (C=O) groups excluding carboxylic acids is 1. The molecule has 10 heteroatoms. The predicted octanol–water partition coefficient (Wildman–Crippen LogP) is 5.11. The molecule has 2 aliphatic heterocycles. The number of carbonyl (C=O) groups is 2. The molecule has 4 atom stereocenters. The van der Waals surface area contributed by atoms with Crippen LogP contribution in [0, 0.1) is 30.3 Å². The maximum absolute atomic E-state index is 15.0. The smallest absolute Gasteiger partial charge is 0.321 e. The highest BCUT2D eigenvalue weighted by molar-refractivity contribution is 6.30. The summed E-state index contributed by atoms with van der Waals surface area (Å²) in [5.41, 5.74) is 0.384. The number of hydrogen-bond acceptors (Lipinski definition) is 4. The SMILES string of the molecule is Cc1cc(F)c(C[C@@H](C(=O)O)N2CCN(C(=O)[C@@H]3CN(C(C)(C)C)C[C@H]3c3ccc(Cl)cc3F)[C@@H](C)C2)c(F)c1. The largest absolute Gasteiger partial charge is 0.480 e. The van der Waals surface area contributed by atoms with Gasteiger partial charge in [0.15, 0.2) is 0 Å². The Morgan fingerprint density at radius 2 is 1.68 bits per heavy atom. The van der Waals surface area contributed by atoms with Gasteiger partial charge in [-0.1, -0.05) is 17.7 Å². The highest BCUT2D eigenvalue weighted by Crippen LogP contribution is 2.39. The number of carboxylic acid groups (broad SMARTS) is 1. The third-order valence-corrected chi connectivity index (χ3v) is 8.53. The summed E-state index contributed by atoms with van der Waals surface area (Å²) in [5, 5.41) is 10.2. The summed E-state index contributed by atoms with van der Waals surface area (Å²) in [6, 6.07) is 5.44. The van der Waals surface area contributed by atoms with Gasteiger partial charge in [-0.15, -0.1) is 0 Å². The van der Waals surface area contributed by atoms with Crippen LogP contribution in [0.3, 0.4) is 0 Å². The van der Waals surface area contributed by atoms with Gasteiger partial charge in [0.25, 0.3) is 0 Å². The number of aliphatic carboxylic acids is 1. The van der Waals surface area contributed by atoms with Gasteiger partial charge in [-0.3, -0.25) is 19.4 Å². The van der Waals surface area contributed by atoms with E-state index in [1.807, 2.05) is 6.92 Å². The number of nitrogens with zero attached hydrogens (tertiary/aromatic N) is 3. The third-order valence-electron chi connectivity index (χ3n) is 8.30. The Balaban J connectivity index is 1.53. The van der Waals surface area contributed by atoms with Gasteiger partial charge in [0, 0.05) is 67.2 Å². The molecule has 0 aliphatic carbocycles. The second-order valence-electron chi connectivity index (χ2n) is 12.1. The van der Waals surface area contributed by atoms with Crippen molar-refractivity contribution in [2.45, 2.75) is 64.6 Å². The summed E-state index contributed by atoms with van der Waals surface area (Å²) in [4.78, 5) is 31.8. The minimum Gasteiger partial charge on any atom is -0.480 e. The van der Waals surface area contributed by atoms with Crippen molar-refractivity contribution in [3.8, 4) is 0 Å². The molecule has 0 bridgehead atoms. The van der Waals surface area contributed by atoms with Crippen LogP contribution in [0.15, 0.2) is 30.3 Å². The molecule has 2 aliphatic rings. The van der Waals surface area contributed by atoms with Crippen molar-refractivity contribution < 1.29 is 27.9 Å². The third kappa shape index (κ3) is 6.31. The van der Waals surface area contributed by atoms with Crippen molar-refractivity contribution in [1.82, 2.24) is 14.7 Å². The van der Waals surface area contributed by atoms with Crippen molar-refractivity contribution in [3.05, 3.63) is 69.5 Å². The van der Waals surface area contributed by atoms with Gasteiger partial charge < -0.3 is 10.0 Å². The van der Waals surface area contributed by atoms with E-state index in [4.69, 9.17) is 11.6 Å². The van der Waals surface area contributed by atoms with E-state index in [2.05, 4.69) is 25.7 Å². The zero-order valence-electron chi connectivity index (χ0n) is 23.6. The van der Waals surface area contributed by atoms with Gasteiger partial charge >= 0.3 is 5.97 Å². The number of hydrogen-bond donors (Lipinski definition) is 1. The lowest BCUT2D eigenvalue weighted by Crippen LogP contribution is -2.59. The van der Waals surface area contributed by atoms with Gasteiger partial charge in [0.2, 0.25) is 5.91 Å². The van der Waals surface area contributed by atoms with E-state index >= 15 is 4.39 Å². The first-order valence-corrected chi connectivity index (χ1v) is 14.0. The Hall–Kier alpha value is -2.62. The first-order valence-electron chi connectivity index (χ1n) is 13.6. The van der Waals surface area contributed by atoms with Crippen molar-refractivity contribution in [1.29, 1.82) is 0 Å². The van der Waals surface area contributed by atoms with Crippen LogP contribution in [0.1, 0.15) is 50.3 Å². The lowest BCUT2D eigenvalue weighted by molar-refractivity contribution is -0.147. The number of halogens is 4. The molecule has 0 aromatic heterocycles. The first-order chi connectivity index (χ1) is 18.7. The van der Waals surface area contributed by atoms with Gasteiger partial charge in [0.05, 0.1) is 5.92 Å². The molecular weight excluding hydrogens is 543 g/mol. The van der Waals surface area contributed by atoms with Gasteiger partial charge in [0.1, 0.15) is 23.5 Å². The highest BCUT2D eigenvalue weighted by Gasteiger charge is 2.46. The van der Waals surface area contributed by atoms with E-state index < -0.39 is 35.4 Å². The molecule has 1 N–H and O–H groups in total. The summed E-state index contributed by atoms with van der Waals surface area (Å²) >= 11 is 5.99. The quantitative estimate of drug-likeness (QED) is 0.515. The maximum atomic E-state index is 15.0. The number of carboxylic acids is 1. The molecule has 40 heavy (non-hydrogen) atoms. The Kier molecular flexibility index (Phi) is 8.88. The number of piperazine rings is 1. The summed E-state index contributed by atoms with van der Waals surface area (Å²) in [5.74, 6) is -4.12. The van der Waals surface area contributed by atoms with E-state index in [0.29, 0.717) is 24.2 Å². The molecule has 2 saturated heterocycles. The lowest BCUT2D eigenvalue weighted by Gasteiger charge is -2.43. The Morgan fingerprint density at radius 1 is 1.02 bits per heavy atom. The zero-order valence-corrected chi connectivity index (χ0v) is 24.3. The summed E-state index contributed by atoms with van der Waals surface area (Å²) in [6.45, 7) is 11.3. The first kappa shape index (κ1) is 30.3. The van der Waals surface area contributed by atoms with Crippen LogP contribution in [-0.4, -0.2) is 82.0 Å². The average molecular weight is 580 g/mol. The Labute approximate surface area is 238 Å². The number of aryl methyl sites for hydroxylation is 1. The molecule has 0 saturated carbocycles. The van der Waals surface area contributed by atoms with Crippen LogP contribution in [0.5, 0.6) is 0 Å². The van der Waals surface area contributed by atoms with E-state index in [9.17, 15) is 23.5 Å². The van der Waals surface area contributed by atoms with Crippen molar-refractivity contribution >= 4 is 23.5 Å². The minimum atomic E-state index is -1.18. The van der Waals surface area contributed by atoms with E-state index in [1.54, 1.807) is 28.9 Å². The van der Waals surface area contributed by atoms with E-state index in [-0.39, 0.29) is 60.0 Å². The van der Waals surface area contributed by atoms with Crippen LogP contribution in [0.2, 0.25) is 5.02 Å². The molecule has 218 valence electrons. The monoisotopic (exact) mass is 579 g/mol. The van der Waals surface area contributed by atoms with Gasteiger partial charge in [-0.2, -0.15) is 0 Å². The van der Waals surface area contributed by atoms with Crippen LogP contribution < -0.4 is 0 Å². The van der Waals surface area contributed by atoms with Gasteiger partial charge in [-0.05, 0) is 70.0 Å². The summed E-state index contributed by atoms with van der Waals surface area (Å²) in [7, 11) is 0. The Bertz CT molecular complexity index is 1260. The number of amides is 1. The molecular formula is C30H37ClF3N3O3. The molecule has 2 heterocycles. The fourth-order valence-electron chi connectivity index (χ4n) is 6.02. The van der Waals surface area contributed by atoms with Crippen molar-refractivity contribution in [2.24, 2.45) is 5.92 Å². The predicted molar refractivity (Wildman–Crippen MR) is 148 cm³/mol. The van der Waals surface area contributed by atoms with Crippen LogP contribution in [0.4, 0.5) is 13.2 Å². The summed E-state index contributed by atoms with van der Waals surface area (Å²) < 4.78 is 44.1. The number of rotatable bonds is 6. The lowest BCUT2D eigenvalue weighted by atomic mass is 9.87. The van der Waals surface area contributed by atoms with E-state index in [1.165, 1.54) is 18.2 Å². The van der Waals surface area contributed by atoms with E-state index in [0.717, 1.165) is 0 Å². The maximum Gasteiger partial charge on any atom is 0.321 e. The molecule has 2 aromatic carbocycles. The topological polar surface area (TPSA) is 64.1 Å².